The maximum absolute atomic E-state index is 9.45. The summed E-state index contributed by atoms with van der Waals surface area (Å²) in [5.41, 5.74) is 0. The Morgan fingerprint density at radius 1 is 1.00 bits per heavy atom. The van der Waals surface area contributed by atoms with Crippen molar-refractivity contribution < 1.29 is 60.3 Å². The van der Waals surface area contributed by atoms with Crippen molar-refractivity contribution in [2.45, 2.75) is 43.7 Å². The summed E-state index contributed by atoms with van der Waals surface area (Å²) in [5, 5.41) is 75.4. The van der Waals surface area contributed by atoms with Crippen molar-refractivity contribution in [1.82, 2.24) is 0 Å². The number of aliphatic hydroxyl groups is 7. The van der Waals surface area contributed by atoms with Gasteiger partial charge in [0.2, 0.25) is 0 Å². The molecule has 1 heterocycles. The van der Waals surface area contributed by atoms with Crippen LogP contribution in [-0.2, 0) is 14.3 Å². The number of carboxylic acid groups (broad SMARTS) is 2. The van der Waals surface area contributed by atoms with E-state index in [2.05, 4.69) is 4.74 Å². The minimum atomic E-state index is -1.57. The third kappa shape index (κ3) is 10.1. The fourth-order valence-corrected chi connectivity index (χ4v) is 1.08. The Kier molecular flexibility index (Phi) is 12.6. The molecule has 12 heteroatoms. The van der Waals surface area contributed by atoms with Crippen LogP contribution in [0.2, 0.25) is 0 Å². The summed E-state index contributed by atoms with van der Waals surface area (Å²) in [6.45, 7) is -0.107. The molecule has 0 bridgehead atoms. The highest BCUT2D eigenvalue weighted by Crippen LogP contribution is 2.18. The standard InChI is InChI=1S/C6H12O6.C3H6O3.C2H4O3/c7-1-2-3(8)4(9)5(10)6(11)12-2;1-2(4)3(5)6;3-1-2(4)5/h2-11H,1H2;2,4H,1H3,(H,5,6);3H,1H2,(H,4,5)/t2-,3-,4+,5-,6-;;/m1../s1. The smallest absolute Gasteiger partial charge is 0.332 e. The summed E-state index contributed by atoms with van der Waals surface area (Å²) in [4.78, 5) is 18.6. The molecule has 0 saturated carbocycles. The van der Waals surface area contributed by atoms with Gasteiger partial charge in [0.15, 0.2) is 6.29 Å². The number of hydrogen-bond acceptors (Lipinski definition) is 10. The van der Waals surface area contributed by atoms with Gasteiger partial charge in [0.1, 0.15) is 37.1 Å². The third-order valence-electron chi connectivity index (χ3n) is 2.36. The molecule has 1 saturated heterocycles. The van der Waals surface area contributed by atoms with Crippen LogP contribution < -0.4 is 0 Å². The molecular formula is C11H22O12. The lowest BCUT2D eigenvalue weighted by atomic mass is 10.00. The van der Waals surface area contributed by atoms with Crippen LogP contribution in [0, 0.1) is 0 Å². The normalized spacial score (nSPS) is 30.9. The van der Waals surface area contributed by atoms with E-state index in [9.17, 15) is 4.79 Å². The molecule has 1 unspecified atom stereocenters. The summed E-state index contributed by atoms with van der Waals surface area (Å²) in [6, 6.07) is 0. The molecule has 0 aromatic carbocycles. The first-order valence-electron chi connectivity index (χ1n) is 6.21. The van der Waals surface area contributed by atoms with Gasteiger partial charge < -0.3 is 50.7 Å². The second-order valence-electron chi connectivity index (χ2n) is 4.29. The summed E-state index contributed by atoms with van der Waals surface area (Å²) in [7, 11) is 0. The topological polar surface area (TPSA) is 225 Å². The van der Waals surface area contributed by atoms with Crippen LogP contribution in [0.5, 0.6) is 0 Å². The SMILES string of the molecule is CC(O)C(=O)O.O=C(O)CO.OC[C@H]1O[C@@H](O)[C@H](O)[C@@H](O)[C@@H]1O. The van der Waals surface area contributed by atoms with Crippen LogP contribution in [0.25, 0.3) is 0 Å². The number of rotatable bonds is 3. The molecule has 0 amide bonds. The second kappa shape index (κ2) is 12.1. The molecule has 0 spiro atoms. The van der Waals surface area contributed by atoms with Crippen molar-refractivity contribution in [2.24, 2.45) is 0 Å². The van der Waals surface area contributed by atoms with Gasteiger partial charge in [-0.15, -0.1) is 0 Å². The Hall–Kier alpha value is -1.38. The van der Waals surface area contributed by atoms with E-state index in [1.165, 1.54) is 6.92 Å². The van der Waals surface area contributed by atoms with E-state index in [1.807, 2.05) is 0 Å². The lowest BCUT2D eigenvalue weighted by Crippen LogP contribution is -2.58. The van der Waals surface area contributed by atoms with Gasteiger partial charge in [-0.05, 0) is 6.92 Å². The van der Waals surface area contributed by atoms with Crippen molar-refractivity contribution in [1.29, 1.82) is 0 Å². The van der Waals surface area contributed by atoms with Crippen molar-refractivity contribution >= 4 is 11.9 Å². The zero-order chi connectivity index (χ0) is 18.7. The Bertz CT molecular complexity index is 341. The van der Waals surface area contributed by atoms with E-state index in [0.29, 0.717) is 0 Å². The van der Waals surface area contributed by atoms with Gasteiger partial charge in [-0.1, -0.05) is 0 Å². The van der Waals surface area contributed by atoms with Gasteiger partial charge in [-0.25, -0.2) is 9.59 Å². The van der Waals surface area contributed by atoms with Gasteiger partial charge in [0.05, 0.1) is 6.61 Å². The zero-order valence-corrected chi connectivity index (χ0v) is 12.1. The van der Waals surface area contributed by atoms with Crippen LogP contribution in [0.15, 0.2) is 0 Å². The predicted octanol–water partition coefficient (Wildman–Crippen LogP) is -4.71. The molecule has 23 heavy (non-hydrogen) atoms. The van der Waals surface area contributed by atoms with Gasteiger partial charge in [-0.3, -0.25) is 0 Å². The third-order valence-corrected chi connectivity index (χ3v) is 2.36. The van der Waals surface area contributed by atoms with Crippen LogP contribution in [-0.4, -0.2) is 108 Å². The molecule has 1 fully saturated rings. The highest BCUT2D eigenvalue weighted by Gasteiger charge is 2.42. The number of hydrogen-bond donors (Lipinski definition) is 9. The first kappa shape index (κ1) is 23.9. The molecule has 138 valence electrons. The van der Waals surface area contributed by atoms with Crippen molar-refractivity contribution in [2.75, 3.05) is 13.2 Å². The van der Waals surface area contributed by atoms with Crippen LogP contribution >= 0.6 is 0 Å². The summed E-state index contributed by atoms with van der Waals surface area (Å²) >= 11 is 0. The van der Waals surface area contributed by atoms with Crippen LogP contribution in [0.4, 0.5) is 0 Å². The Morgan fingerprint density at radius 3 is 1.65 bits per heavy atom. The molecule has 0 radical (unpaired) electrons. The molecule has 6 atom stereocenters. The number of aliphatic carboxylic acids is 2. The van der Waals surface area contributed by atoms with Crippen LogP contribution in [0.1, 0.15) is 6.92 Å². The summed E-state index contributed by atoms with van der Waals surface area (Å²) in [5.74, 6) is -2.37. The van der Waals surface area contributed by atoms with E-state index in [-0.39, 0.29) is 0 Å². The number of carboxylic acids is 2. The quantitative estimate of drug-likeness (QED) is 0.235. The summed E-state index contributed by atoms with van der Waals surface area (Å²) < 4.78 is 4.58. The van der Waals surface area contributed by atoms with Crippen molar-refractivity contribution in [3.8, 4) is 0 Å². The fraction of sp³-hybridized carbons (Fsp3) is 0.818. The largest absolute Gasteiger partial charge is 0.480 e. The molecule has 0 aliphatic carbocycles. The summed E-state index contributed by atoms with van der Waals surface area (Å²) in [6.07, 6.45) is -8.27. The van der Waals surface area contributed by atoms with E-state index < -0.39 is 62.0 Å². The van der Waals surface area contributed by atoms with Gasteiger partial charge >= 0.3 is 11.9 Å². The maximum Gasteiger partial charge on any atom is 0.332 e. The molecule has 12 nitrogen and oxygen atoms in total. The predicted molar refractivity (Wildman–Crippen MR) is 70.0 cm³/mol. The van der Waals surface area contributed by atoms with E-state index >= 15 is 0 Å². The molecule has 1 aliphatic heterocycles. The van der Waals surface area contributed by atoms with Gasteiger partial charge in [0.25, 0.3) is 0 Å². The van der Waals surface area contributed by atoms with E-state index in [4.69, 9.17) is 50.8 Å². The van der Waals surface area contributed by atoms with Gasteiger partial charge in [0, 0.05) is 0 Å². The van der Waals surface area contributed by atoms with E-state index in [1.54, 1.807) is 0 Å². The molecule has 0 aromatic rings. The maximum atomic E-state index is 9.45. The molecule has 1 aliphatic rings. The lowest BCUT2D eigenvalue weighted by Gasteiger charge is -2.37. The van der Waals surface area contributed by atoms with E-state index in [0.717, 1.165) is 0 Å². The van der Waals surface area contributed by atoms with Crippen molar-refractivity contribution in [3.05, 3.63) is 0 Å². The monoisotopic (exact) mass is 346 g/mol. The van der Waals surface area contributed by atoms with Crippen molar-refractivity contribution in [3.63, 3.8) is 0 Å². The number of aliphatic hydroxyl groups excluding tert-OH is 7. The number of carbonyl (C=O) groups is 2. The first-order chi connectivity index (χ1) is 10.5. The highest BCUT2D eigenvalue weighted by molar-refractivity contribution is 5.71. The molecule has 1 rings (SSSR count). The highest BCUT2D eigenvalue weighted by atomic mass is 16.6. The second-order valence-corrected chi connectivity index (χ2v) is 4.29. The average molecular weight is 346 g/mol. The van der Waals surface area contributed by atoms with Crippen LogP contribution in [0.3, 0.4) is 0 Å². The minimum absolute atomic E-state index is 0.526. The van der Waals surface area contributed by atoms with Gasteiger partial charge in [-0.2, -0.15) is 0 Å². The molecule has 9 N–H and O–H groups in total. The Labute approximate surface area is 130 Å². The first-order valence-corrected chi connectivity index (χ1v) is 6.21. The average Bonchev–Trinajstić information content (AvgIpc) is 2.49. The Balaban J connectivity index is 0. The lowest BCUT2D eigenvalue weighted by molar-refractivity contribution is -0.286. The fourth-order valence-electron chi connectivity index (χ4n) is 1.08. The molecular weight excluding hydrogens is 324 g/mol. The zero-order valence-electron chi connectivity index (χ0n) is 12.1. The minimum Gasteiger partial charge on any atom is -0.480 e. The molecule has 0 aromatic heterocycles. The number of ether oxygens (including phenoxy) is 1. The Morgan fingerprint density at radius 2 is 1.39 bits per heavy atom.